The molecule has 1 fully saturated rings. The molecule has 1 atom stereocenters. The Kier molecular flexibility index (Phi) is 2.60. The van der Waals surface area contributed by atoms with Crippen molar-refractivity contribution >= 4 is 5.97 Å². The van der Waals surface area contributed by atoms with Crippen LogP contribution < -0.4 is 10.5 Å². The van der Waals surface area contributed by atoms with Crippen LogP contribution in [0.2, 0.25) is 0 Å². The molecule has 0 amide bonds. The lowest BCUT2D eigenvalue weighted by Gasteiger charge is -2.09. The van der Waals surface area contributed by atoms with Gasteiger partial charge in [0, 0.05) is 0 Å². The predicted octanol–water partition coefficient (Wildman–Crippen LogP) is 1.31. The second-order valence-corrected chi connectivity index (χ2v) is 3.71. The quantitative estimate of drug-likeness (QED) is 0.780. The van der Waals surface area contributed by atoms with Gasteiger partial charge >= 0.3 is 5.97 Å². The summed E-state index contributed by atoms with van der Waals surface area (Å²) in [5, 5.41) is 8.75. The third-order valence-electron chi connectivity index (χ3n) is 2.31. The third-order valence-corrected chi connectivity index (χ3v) is 2.31. The summed E-state index contributed by atoms with van der Waals surface area (Å²) in [6.07, 6.45) is 2.46. The van der Waals surface area contributed by atoms with E-state index >= 15 is 0 Å². The number of rotatable bonds is 4. The number of carboxylic acids is 1. The Balaban J connectivity index is 2.13. The van der Waals surface area contributed by atoms with Crippen LogP contribution in [0.5, 0.6) is 5.75 Å². The van der Waals surface area contributed by atoms with Crippen molar-refractivity contribution in [2.45, 2.75) is 25.0 Å². The molecule has 80 valence electrons. The smallest absolute Gasteiger partial charge is 0.325 e. The van der Waals surface area contributed by atoms with E-state index in [-0.39, 0.29) is 0 Å². The summed E-state index contributed by atoms with van der Waals surface area (Å²) in [5.41, 5.74) is 6.07. The summed E-state index contributed by atoms with van der Waals surface area (Å²) >= 11 is 0. The Morgan fingerprint density at radius 1 is 1.53 bits per heavy atom. The second-order valence-electron chi connectivity index (χ2n) is 3.71. The van der Waals surface area contributed by atoms with E-state index in [1.54, 1.807) is 18.2 Å². The van der Waals surface area contributed by atoms with Crippen LogP contribution in [0.25, 0.3) is 0 Å². The van der Waals surface area contributed by atoms with Crippen molar-refractivity contribution in [2.75, 3.05) is 0 Å². The first-order valence-electron chi connectivity index (χ1n) is 4.92. The van der Waals surface area contributed by atoms with Gasteiger partial charge in [-0.05, 0) is 30.5 Å². The molecule has 1 aromatic rings. The fourth-order valence-corrected chi connectivity index (χ4v) is 1.30. The first kappa shape index (κ1) is 9.98. The van der Waals surface area contributed by atoms with Crippen molar-refractivity contribution in [1.82, 2.24) is 0 Å². The molecule has 4 nitrogen and oxygen atoms in total. The number of ether oxygens (including phenoxy) is 1. The maximum absolute atomic E-state index is 10.7. The number of benzene rings is 1. The van der Waals surface area contributed by atoms with E-state index in [2.05, 4.69) is 0 Å². The molecule has 1 aliphatic carbocycles. The summed E-state index contributed by atoms with van der Waals surface area (Å²) < 4.78 is 5.55. The van der Waals surface area contributed by atoms with Crippen molar-refractivity contribution in [3.8, 4) is 5.75 Å². The van der Waals surface area contributed by atoms with Crippen LogP contribution in [0.15, 0.2) is 24.3 Å². The highest BCUT2D eigenvalue weighted by atomic mass is 16.5. The predicted molar refractivity (Wildman–Crippen MR) is 54.7 cm³/mol. The third kappa shape index (κ3) is 2.47. The normalized spacial score (nSPS) is 17.1. The number of hydrogen-bond donors (Lipinski definition) is 2. The maximum atomic E-state index is 10.7. The standard InChI is InChI=1S/C11H13NO3/c12-10(11(13)14)7-2-1-3-9(6-7)15-8-4-5-8/h1-3,6,8,10H,4-5,12H2,(H,13,14). The van der Waals surface area contributed by atoms with Gasteiger partial charge in [0.2, 0.25) is 0 Å². The molecule has 1 saturated carbocycles. The molecule has 0 bridgehead atoms. The van der Waals surface area contributed by atoms with Crippen molar-refractivity contribution in [2.24, 2.45) is 5.73 Å². The van der Waals surface area contributed by atoms with Gasteiger partial charge in [0.05, 0.1) is 6.10 Å². The average molecular weight is 207 g/mol. The molecule has 1 unspecified atom stereocenters. The van der Waals surface area contributed by atoms with Crippen LogP contribution in [-0.4, -0.2) is 17.2 Å². The van der Waals surface area contributed by atoms with Gasteiger partial charge in [-0.3, -0.25) is 4.79 Å². The topological polar surface area (TPSA) is 72.6 Å². The lowest BCUT2D eigenvalue weighted by atomic mass is 10.1. The molecule has 0 aromatic heterocycles. The highest BCUT2D eigenvalue weighted by Crippen LogP contribution is 2.27. The van der Waals surface area contributed by atoms with E-state index in [1.807, 2.05) is 6.07 Å². The molecule has 4 heteroatoms. The summed E-state index contributed by atoms with van der Waals surface area (Å²) in [5.74, 6) is -0.328. The van der Waals surface area contributed by atoms with Gasteiger partial charge in [-0.15, -0.1) is 0 Å². The summed E-state index contributed by atoms with van der Waals surface area (Å²) in [7, 11) is 0. The van der Waals surface area contributed by atoms with Crippen molar-refractivity contribution < 1.29 is 14.6 Å². The van der Waals surface area contributed by atoms with Gasteiger partial charge in [-0.1, -0.05) is 12.1 Å². The van der Waals surface area contributed by atoms with Crippen molar-refractivity contribution in [3.05, 3.63) is 29.8 Å². The number of nitrogens with two attached hydrogens (primary N) is 1. The van der Waals surface area contributed by atoms with E-state index in [0.29, 0.717) is 17.4 Å². The van der Waals surface area contributed by atoms with Crippen LogP contribution in [0.4, 0.5) is 0 Å². The van der Waals surface area contributed by atoms with Crippen LogP contribution in [0, 0.1) is 0 Å². The Morgan fingerprint density at radius 3 is 2.87 bits per heavy atom. The molecule has 2 rings (SSSR count). The fourth-order valence-electron chi connectivity index (χ4n) is 1.30. The van der Waals surface area contributed by atoms with Gasteiger partial charge in [-0.25, -0.2) is 0 Å². The Morgan fingerprint density at radius 2 is 2.27 bits per heavy atom. The molecule has 15 heavy (non-hydrogen) atoms. The average Bonchev–Trinajstić information content (AvgIpc) is 3.01. The monoisotopic (exact) mass is 207 g/mol. The zero-order chi connectivity index (χ0) is 10.8. The molecular weight excluding hydrogens is 194 g/mol. The summed E-state index contributed by atoms with van der Waals surface area (Å²) in [4.78, 5) is 10.7. The Bertz CT molecular complexity index is 374. The molecule has 0 heterocycles. The number of hydrogen-bond acceptors (Lipinski definition) is 3. The minimum atomic E-state index is -1.03. The van der Waals surface area contributed by atoms with Crippen molar-refractivity contribution in [1.29, 1.82) is 0 Å². The van der Waals surface area contributed by atoms with E-state index in [0.717, 1.165) is 12.8 Å². The zero-order valence-corrected chi connectivity index (χ0v) is 8.22. The van der Waals surface area contributed by atoms with Gasteiger partial charge < -0.3 is 15.6 Å². The minimum absolute atomic E-state index is 0.307. The molecule has 1 aromatic carbocycles. The van der Waals surface area contributed by atoms with E-state index in [9.17, 15) is 4.79 Å². The van der Waals surface area contributed by atoms with E-state index in [1.165, 1.54) is 0 Å². The summed E-state index contributed by atoms with van der Waals surface area (Å²) in [6.45, 7) is 0. The van der Waals surface area contributed by atoms with Crippen LogP contribution >= 0.6 is 0 Å². The van der Waals surface area contributed by atoms with Crippen molar-refractivity contribution in [3.63, 3.8) is 0 Å². The number of carboxylic acid groups (broad SMARTS) is 1. The van der Waals surface area contributed by atoms with E-state index in [4.69, 9.17) is 15.6 Å². The Hall–Kier alpha value is -1.55. The van der Waals surface area contributed by atoms with Crippen LogP contribution in [-0.2, 0) is 4.79 Å². The van der Waals surface area contributed by atoms with Gasteiger partial charge in [0.1, 0.15) is 11.8 Å². The van der Waals surface area contributed by atoms with Crippen LogP contribution in [0.1, 0.15) is 24.4 Å². The molecule has 0 aliphatic heterocycles. The Labute approximate surface area is 87.7 Å². The highest BCUT2D eigenvalue weighted by Gasteiger charge is 2.24. The molecule has 1 aliphatic rings. The SMILES string of the molecule is NC(C(=O)O)c1cccc(OC2CC2)c1. The molecule has 3 N–H and O–H groups in total. The fraction of sp³-hybridized carbons (Fsp3) is 0.364. The van der Waals surface area contributed by atoms with E-state index < -0.39 is 12.0 Å². The summed E-state index contributed by atoms with van der Waals surface area (Å²) in [6, 6.07) is 5.98. The first-order chi connectivity index (χ1) is 7.16. The molecule has 0 radical (unpaired) electrons. The maximum Gasteiger partial charge on any atom is 0.325 e. The molecule has 0 spiro atoms. The first-order valence-corrected chi connectivity index (χ1v) is 4.92. The number of carbonyl (C=O) groups is 1. The molecule has 0 saturated heterocycles. The zero-order valence-electron chi connectivity index (χ0n) is 8.22. The second kappa shape index (κ2) is 3.90. The van der Waals surface area contributed by atoms with Gasteiger partial charge in [0.15, 0.2) is 0 Å². The van der Waals surface area contributed by atoms with Gasteiger partial charge in [-0.2, -0.15) is 0 Å². The van der Waals surface area contributed by atoms with Crippen LogP contribution in [0.3, 0.4) is 0 Å². The van der Waals surface area contributed by atoms with Gasteiger partial charge in [0.25, 0.3) is 0 Å². The minimum Gasteiger partial charge on any atom is -0.490 e. The lowest BCUT2D eigenvalue weighted by molar-refractivity contribution is -0.138. The number of aliphatic carboxylic acids is 1. The largest absolute Gasteiger partial charge is 0.490 e. The highest BCUT2D eigenvalue weighted by molar-refractivity contribution is 5.75. The molecular formula is C11H13NO3. The lowest BCUT2D eigenvalue weighted by Crippen LogP contribution is -2.20.